The van der Waals surface area contributed by atoms with Gasteiger partial charge in [0, 0.05) is 15.9 Å². The summed E-state index contributed by atoms with van der Waals surface area (Å²) in [5, 5.41) is 22.4. The van der Waals surface area contributed by atoms with Crippen molar-refractivity contribution in [1.82, 2.24) is 0 Å². The van der Waals surface area contributed by atoms with Gasteiger partial charge in [-0.15, -0.1) is 0 Å². The van der Waals surface area contributed by atoms with Crippen LogP contribution in [0, 0.1) is 28.5 Å². The molecule has 0 amide bonds. The minimum absolute atomic E-state index is 0.212. The Morgan fingerprint density at radius 3 is 1.97 bits per heavy atom. The number of methoxy groups -OCH3 is 1. The number of rotatable bonds is 7. The number of nitrogens with one attached hydrogen (secondary N) is 1. The number of hydrogen-bond acceptors (Lipinski definition) is 6. The summed E-state index contributed by atoms with van der Waals surface area (Å²) >= 11 is 2.71. The van der Waals surface area contributed by atoms with Crippen LogP contribution in [0.25, 0.3) is 0 Å². The zero-order chi connectivity index (χ0) is 23.9. The van der Waals surface area contributed by atoms with Crippen LogP contribution >= 0.6 is 23.5 Å². The average molecular weight is 484 g/mol. The molecule has 166 valence electrons. The molecule has 4 aromatic carbocycles. The second kappa shape index (κ2) is 10.8. The lowest BCUT2D eigenvalue weighted by atomic mass is 10.1. The minimum atomic E-state index is -0.416. The molecule has 7 heteroatoms. The lowest BCUT2D eigenvalue weighted by Crippen LogP contribution is -2.02. The first-order valence-corrected chi connectivity index (χ1v) is 11.8. The maximum absolute atomic E-state index is 15.4. The predicted octanol–water partition coefficient (Wildman–Crippen LogP) is 7.62. The molecule has 4 aromatic rings. The molecule has 0 spiro atoms. The maximum atomic E-state index is 15.4. The van der Waals surface area contributed by atoms with E-state index in [1.807, 2.05) is 66.7 Å². The molecule has 1 N–H and O–H groups in total. The van der Waals surface area contributed by atoms with E-state index in [9.17, 15) is 10.5 Å². The largest absolute Gasteiger partial charge is 0.494 e. The number of hydrogen-bond donors (Lipinski definition) is 1. The van der Waals surface area contributed by atoms with E-state index in [2.05, 4.69) is 11.4 Å². The van der Waals surface area contributed by atoms with Gasteiger partial charge >= 0.3 is 0 Å². The molecular weight excluding hydrogens is 465 g/mol. The standard InChI is InChI=1S/C27H18FN3OS2/c1-32-24-15-22(28)26(33-19-10-4-2-5-11-19)27(34-20-12-6-3-7-13-20)25(24)31-23-14-8-9-18(16-29)21(23)17-30/h2-15,31H,1H3. The van der Waals surface area contributed by atoms with Crippen LogP contribution in [0.1, 0.15) is 11.1 Å². The Balaban J connectivity index is 1.91. The van der Waals surface area contributed by atoms with Gasteiger partial charge in [0.25, 0.3) is 0 Å². The number of nitrogens with zero attached hydrogens (tertiary/aromatic N) is 2. The molecule has 0 radical (unpaired) electrons. The summed E-state index contributed by atoms with van der Waals surface area (Å²) in [6.45, 7) is 0. The first-order chi connectivity index (χ1) is 16.6. The van der Waals surface area contributed by atoms with Crippen molar-refractivity contribution in [3.8, 4) is 17.9 Å². The highest BCUT2D eigenvalue weighted by Crippen LogP contribution is 2.49. The zero-order valence-corrected chi connectivity index (χ0v) is 19.7. The molecule has 0 heterocycles. The van der Waals surface area contributed by atoms with Gasteiger partial charge < -0.3 is 10.1 Å². The second-order valence-electron chi connectivity index (χ2n) is 7.00. The third kappa shape index (κ3) is 5.02. The van der Waals surface area contributed by atoms with Crippen molar-refractivity contribution in [1.29, 1.82) is 10.5 Å². The van der Waals surface area contributed by atoms with Crippen molar-refractivity contribution >= 4 is 34.9 Å². The van der Waals surface area contributed by atoms with Crippen LogP contribution in [0.15, 0.2) is 105 Å². The van der Waals surface area contributed by atoms with Crippen molar-refractivity contribution in [2.45, 2.75) is 19.6 Å². The Labute approximate surface area is 206 Å². The van der Waals surface area contributed by atoms with Gasteiger partial charge in [0.15, 0.2) is 0 Å². The van der Waals surface area contributed by atoms with E-state index in [0.717, 1.165) is 9.79 Å². The minimum Gasteiger partial charge on any atom is -0.494 e. The highest BCUT2D eigenvalue weighted by atomic mass is 32.2. The van der Waals surface area contributed by atoms with Crippen LogP contribution in [0.4, 0.5) is 15.8 Å². The smallest absolute Gasteiger partial charge is 0.146 e. The van der Waals surface area contributed by atoms with Crippen molar-refractivity contribution in [3.05, 3.63) is 102 Å². The summed E-state index contributed by atoms with van der Waals surface area (Å²) in [6, 6.07) is 29.7. The van der Waals surface area contributed by atoms with Crippen LogP contribution in [0.5, 0.6) is 5.75 Å². The molecule has 0 unspecified atom stereocenters. The Morgan fingerprint density at radius 2 is 1.41 bits per heavy atom. The van der Waals surface area contributed by atoms with Gasteiger partial charge in [0.1, 0.15) is 23.7 Å². The predicted molar refractivity (Wildman–Crippen MR) is 133 cm³/mol. The quantitative estimate of drug-likeness (QED) is 0.291. The fraction of sp³-hybridized carbons (Fsp3) is 0.0370. The summed E-state index contributed by atoms with van der Waals surface area (Å²) in [7, 11) is 1.47. The molecule has 0 saturated carbocycles. The van der Waals surface area contributed by atoms with E-state index in [-0.39, 0.29) is 11.1 Å². The van der Waals surface area contributed by atoms with Crippen LogP contribution in [-0.4, -0.2) is 7.11 Å². The summed E-state index contributed by atoms with van der Waals surface area (Å²) in [4.78, 5) is 2.84. The summed E-state index contributed by atoms with van der Waals surface area (Å²) < 4.78 is 21.0. The van der Waals surface area contributed by atoms with Crippen LogP contribution in [-0.2, 0) is 0 Å². The molecule has 0 aromatic heterocycles. The van der Waals surface area contributed by atoms with Gasteiger partial charge in [-0.3, -0.25) is 0 Å². The van der Waals surface area contributed by atoms with Gasteiger partial charge in [0.05, 0.1) is 39.4 Å². The molecule has 0 atom stereocenters. The maximum Gasteiger partial charge on any atom is 0.146 e. The van der Waals surface area contributed by atoms with Crippen LogP contribution in [0.2, 0.25) is 0 Å². The molecule has 4 rings (SSSR count). The number of ether oxygens (including phenoxy) is 1. The van der Waals surface area contributed by atoms with Crippen molar-refractivity contribution in [3.63, 3.8) is 0 Å². The van der Waals surface area contributed by atoms with Gasteiger partial charge in [-0.25, -0.2) is 4.39 Å². The van der Waals surface area contributed by atoms with E-state index in [1.54, 1.807) is 18.2 Å². The van der Waals surface area contributed by atoms with E-state index in [4.69, 9.17) is 4.74 Å². The monoisotopic (exact) mass is 483 g/mol. The van der Waals surface area contributed by atoms with E-state index < -0.39 is 5.82 Å². The molecule has 0 aliphatic heterocycles. The molecule has 0 aliphatic carbocycles. The number of halogens is 1. The lowest BCUT2D eigenvalue weighted by molar-refractivity contribution is 0.410. The first kappa shape index (κ1) is 23.3. The fourth-order valence-electron chi connectivity index (χ4n) is 3.28. The zero-order valence-electron chi connectivity index (χ0n) is 18.1. The highest BCUT2D eigenvalue weighted by molar-refractivity contribution is 8.02. The van der Waals surface area contributed by atoms with Crippen molar-refractivity contribution in [2.75, 3.05) is 12.4 Å². The van der Waals surface area contributed by atoms with E-state index in [0.29, 0.717) is 26.9 Å². The third-order valence-corrected chi connectivity index (χ3v) is 7.22. The van der Waals surface area contributed by atoms with Gasteiger partial charge in [0.2, 0.25) is 0 Å². The van der Waals surface area contributed by atoms with Crippen LogP contribution in [0.3, 0.4) is 0 Å². The van der Waals surface area contributed by atoms with Crippen molar-refractivity contribution in [2.24, 2.45) is 0 Å². The SMILES string of the molecule is COc1cc(F)c(Sc2ccccc2)c(Sc2ccccc2)c1Nc1cccc(C#N)c1C#N. The Hall–Kier alpha value is -3.91. The number of benzene rings is 4. The Kier molecular flexibility index (Phi) is 7.39. The van der Waals surface area contributed by atoms with Crippen LogP contribution < -0.4 is 10.1 Å². The molecule has 0 bridgehead atoms. The topological polar surface area (TPSA) is 68.8 Å². The summed E-state index contributed by atoms with van der Waals surface area (Å²) in [5.41, 5.74) is 1.42. The summed E-state index contributed by atoms with van der Waals surface area (Å²) in [5.74, 6) is -0.124. The van der Waals surface area contributed by atoms with Gasteiger partial charge in [-0.1, -0.05) is 66.0 Å². The normalized spacial score (nSPS) is 10.2. The number of nitriles is 2. The average Bonchev–Trinajstić information content (AvgIpc) is 2.88. The van der Waals surface area contributed by atoms with E-state index >= 15 is 4.39 Å². The third-order valence-electron chi connectivity index (χ3n) is 4.86. The Bertz CT molecular complexity index is 1400. The van der Waals surface area contributed by atoms with Gasteiger partial charge in [-0.05, 0) is 36.4 Å². The Morgan fingerprint density at radius 1 is 0.794 bits per heavy atom. The summed E-state index contributed by atoms with van der Waals surface area (Å²) in [6.07, 6.45) is 0. The lowest BCUT2D eigenvalue weighted by Gasteiger charge is -2.20. The van der Waals surface area contributed by atoms with E-state index in [1.165, 1.54) is 36.7 Å². The van der Waals surface area contributed by atoms with Gasteiger partial charge in [-0.2, -0.15) is 10.5 Å². The molecule has 0 saturated heterocycles. The molecule has 0 fully saturated rings. The highest BCUT2D eigenvalue weighted by Gasteiger charge is 2.23. The number of anilines is 2. The second-order valence-corrected chi connectivity index (χ2v) is 9.17. The first-order valence-electron chi connectivity index (χ1n) is 10.2. The molecule has 0 aliphatic rings. The van der Waals surface area contributed by atoms with Crippen molar-refractivity contribution < 1.29 is 9.13 Å². The molecular formula is C27H18FN3OS2. The molecule has 34 heavy (non-hydrogen) atoms. The fourth-order valence-corrected chi connectivity index (χ4v) is 5.38. The molecule has 4 nitrogen and oxygen atoms in total.